The number of aromatic nitrogens is 3. The molecule has 0 spiro atoms. The fourth-order valence-electron chi connectivity index (χ4n) is 3.42. The molecule has 1 aliphatic heterocycles. The van der Waals surface area contributed by atoms with Crippen LogP contribution in [0.3, 0.4) is 0 Å². The summed E-state index contributed by atoms with van der Waals surface area (Å²) in [6.45, 7) is 4.45. The monoisotopic (exact) mass is 388 g/mol. The van der Waals surface area contributed by atoms with Crippen LogP contribution >= 0.6 is 0 Å². The van der Waals surface area contributed by atoms with E-state index in [1.807, 2.05) is 17.0 Å². The smallest absolute Gasteiger partial charge is 0.261 e. The molecule has 0 unspecified atom stereocenters. The highest BCUT2D eigenvalue weighted by Gasteiger charge is 2.23. The third-order valence-corrected chi connectivity index (χ3v) is 4.89. The first-order valence-electron chi connectivity index (χ1n) is 9.46. The number of benzene rings is 1. The number of rotatable bonds is 3. The number of carbonyl (C=O) groups is 1. The molecule has 3 heterocycles. The van der Waals surface area contributed by atoms with E-state index in [0.29, 0.717) is 42.5 Å². The van der Waals surface area contributed by atoms with Crippen LogP contribution < -0.4 is 4.90 Å². The van der Waals surface area contributed by atoms with E-state index < -0.39 is 0 Å². The van der Waals surface area contributed by atoms with Crippen molar-refractivity contribution in [2.75, 3.05) is 31.1 Å². The van der Waals surface area contributed by atoms with Gasteiger partial charge in [0.1, 0.15) is 5.82 Å². The van der Waals surface area contributed by atoms with Crippen LogP contribution in [0.5, 0.6) is 0 Å². The molecule has 1 saturated heterocycles. The van der Waals surface area contributed by atoms with Gasteiger partial charge in [0, 0.05) is 37.9 Å². The summed E-state index contributed by atoms with van der Waals surface area (Å²) in [5.41, 5.74) is 1.93. The van der Waals surface area contributed by atoms with Crippen LogP contribution in [0.1, 0.15) is 28.2 Å². The number of aryl methyl sites for hydroxylation is 1. The summed E-state index contributed by atoms with van der Waals surface area (Å²) in [7, 11) is 0. The summed E-state index contributed by atoms with van der Waals surface area (Å²) in [6, 6.07) is 12.6. The molecular formula is C21H20N6O2. The Labute approximate surface area is 168 Å². The lowest BCUT2D eigenvalue weighted by molar-refractivity contribution is 0.0767. The Bertz CT molecular complexity index is 1050. The maximum atomic E-state index is 12.9. The van der Waals surface area contributed by atoms with Gasteiger partial charge in [-0.3, -0.25) is 4.79 Å². The molecule has 29 heavy (non-hydrogen) atoms. The first-order valence-corrected chi connectivity index (χ1v) is 9.46. The van der Waals surface area contributed by atoms with Crippen LogP contribution in [-0.4, -0.2) is 52.1 Å². The molecule has 1 fully saturated rings. The molecule has 2 aromatic heterocycles. The lowest BCUT2D eigenvalue weighted by Gasteiger charge is -2.24. The zero-order chi connectivity index (χ0) is 20.2. The van der Waals surface area contributed by atoms with Crippen LogP contribution in [0.15, 0.2) is 47.1 Å². The average molecular weight is 388 g/mol. The van der Waals surface area contributed by atoms with E-state index in [4.69, 9.17) is 9.78 Å². The first-order chi connectivity index (χ1) is 14.2. The summed E-state index contributed by atoms with van der Waals surface area (Å²) in [5.74, 6) is 1.78. The van der Waals surface area contributed by atoms with Crippen molar-refractivity contribution in [3.63, 3.8) is 0 Å². The Morgan fingerprint density at radius 3 is 2.69 bits per heavy atom. The molecule has 0 bridgehead atoms. The predicted molar refractivity (Wildman–Crippen MR) is 106 cm³/mol. The van der Waals surface area contributed by atoms with Gasteiger partial charge in [0.15, 0.2) is 5.82 Å². The highest BCUT2D eigenvalue weighted by molar-refractivity contribution is 5.94. The molecule has 1 aliphatic rings. The molecule has 1 aromatic carbocycles. The number of amides is 1. The number of nitriles is 1. The average Bonchev–Trinajstić information content (AvgIpc) is 3.05. The number of carbonyl (C=O) groups excluding carboxylic acids is 1. The number of pyridine rings is 1. The summed E-state index contributed by atoms with van der Waals surface area (Å²) in [5, 5.41) is 12.8. The SMILES string of the molecule is Cc1noc(-c2cccnc2N2CCCN(C(=O)c3ccc(C#N)cc3)CC2)n1. The summed E-state index contributed by atoms with van der Waals surface area (Å²) >= 11 is 0. The second-order valence-electron chi connectivity index (χ2n) is 6.84. The van der Waals surface area contributed by atoms with Gasteiger partial charge in [-0.1, -0.05) is 5.16 Å². The van der Waals surface area contributed by atoms with Gasteiger partial charge in [0.05, 0.1) is 17.2 Å². The fourth-order valence-corrected chi connectivity index (χ4v) is 3.42. The molecule has 8 heteroatoms. The van der Waals surface area contributed by atoms with E-state index in [9.17, 15) is 4.79 Å². The molecule has 4 rings (SSSR count). The molecule has 0 N–H and O–H groups in total. The minimum absolute atomic E-state index is 0.0230. The van der Waals surface area contributed by atoms with Crippen LogP contribution in [0.2, 0.25) is 0 Å². The molecular weight excluding hydrogens is 368 g/mol. The van der Waals surface area contributed by atoms with Gasteiger partial charge in [0.2, 0.25) is 0 Å². The van der Waals surface area contributed by atoms with Crippen molar-refractivity contribution >= 4 is 11.7 Å². The Morgan fingerprint density at radius 2 is 1.97 bits per heavy atom. The van der Waals surface area contributed by atoms with Gasteiger partial charge in [-0.2, -0.15) is 10.2 Å². The zero-order valence-corrected chi connectivity index (χ0v) is 16.1. The Balaban J connectivity index is 1.51. The summed E-state index contributed by atoms with van der Waals surface area (Å²) < 4.78 is 5.33. The van der Waals surface area contributed by atoms with E-state index in [0.717, 1.165) is 24.3 Å². The third-order valence-electron chi connectivity index (χ3n) is 4.89. The lowest BCUT2D eigenvalue weighted by Crippen LogP contribution is -2.35. The second kappa shape index (κ2) is 8.10. The van der Waals surface area contributed by atoms with Crippen molar-refractivity contribution in [1.82, 2.24) is 20.0 Å². The Kier molecular flexibility index (Phi) is 5.20. The largest absolute Gasteiger partial charge is 0.354 e. The van der Waals surface area contributed by atoms with E-state index >= 15 is 0 Å². The number of anilines is 1. The minimum Gasteiger partial charge on any atom is -0.354 e. The highest BCUT2D eigenvalue weighted by atomic mass is 16.5. The number of nitrogens with zero attached hydrogens (tertiary/aromatic N) is 6. The Hall–Kier alpha value is -3.73. The maximum Gasteiger partial charge on any atom is 0.261 e. The number of hydrogen-bond donors (Lipinski definition) is 0. The van der Waals surface area contributed by atoms with Gasteiger partial charge < -0.3 is 14.3 Å². The van der Waals surface area contributed by atoms with Gasteiger partial charge in [0.25, 0.3) is 11.8 Å². The molecule has 146 valence electrons. The van der Waals surface area contributed by atoms with E-state index in [-0.39, 0.29) is 5.91 Å². The summed E-state index contributed by atoms with van der Waals surface area (Å²) in [4.78, 5) is 25.7. The molecule has 0 radical (unpaired) electrons. The maximum absolute atomic E-state index is 12.9. The molecule has 1 amide bonds. The molecule has 0 atom stereocenters. The third kappa shape index (κ3) is 3.94. The van der Waals surface area contributed by atoms with Crippen molar-refractivity contribution < 1.29 is 9.32 Å². The van der Waals surface area contributed by atoms with Gasteiger partial charge in [-0.25, -0.2) is 4.98 Å². The van der Waals surface area contributed by atoms with Crippen molar-refractivity contribution in [3.8, 4) is 17.5 Å². The number of hydrogen-bond acceptors (Lipinski definition) is 7. The standard InChI is InChI=1S/C21H20N6O2/c1-15-24-20(29-25-15)18-4-2-9-23-19(18)26-10-3-11-27(13-12-26)21(28)17-7-5-16(14-22)6-8-17/h2,4-9H,3,10-13H2,1H3. The highest BCUT2D eigenvalue weighted by Crippen LogP contribution is 2.28. The topological polar surface area (TPSA) is 99.2 Å². The zero-order valence-electron chi connectivity index (χ0n) is 16.1. The summed E-state index contributed by atoms with van der Waals surface area (Å²) in [6.07, 6.45) is 2.56. The predicted octanol–water partition coefficient (Wildman–Crippen LogP) is 2.66. The van der Waals surface area contributed by atoms with E-state index in [1.165, 1.54) is 0 Å². The minimum atomic E-state index is -0.0230. The van der Waals surface area contributed by atoms with Crippen LogP contribution in [0.25, 0.3) is 11.5 Å². The molecule has 0 aliphatic carbocycles. The Morgan fingerprint density at radius 1 is 1.14 bits per heavy atom. The van der Waals surface area contributed by atoms with E-state index in [2.05, 4.69) is 26.1 Å². The molecule has 0 saturated carbocycles. The van der Waals surface area contributed by atoms with Gasteiger partial charge in [-0.15, -0.1) is 0 Å². The van der Waals surface area contributed by atoms with Crippen molar-refractivity contribution in [2.45, 2.75) is 13.3 Å². The normalized spacial score (nSPS) is 14.3. The molecule has 3 aromatic rings. The van der Waals surface area contributed by atoms with Crippen LogP contribution in [0, 0.1) is 18.3 Å². The fraction of sp³-hybridized carbons (Fsp3) is 0.286. The van der Waals surface area contributed by atoms with Crippen molar-refractivity contribution in [2.24, 2.45) is 0 Å². The van der Waals surface area contributed by atoms with Crippen molar-refractivity contribution in [3.05, 3.63) is 59.5 Å². The second-order valence-corrected chi connectivity index (χ2v) is 6.84. The first kappa shape index (κ1) is 18.6. The van der Waals surface area contributed by atoms with Crippen LogP contribution in [-0.2, 0) is 0 Å². The van der Waals surface area contributed by atoms with Gasteiger partial charge >= 0.3 is 0 Å². The van der Waals surface area contributed by atoms with Crippen LogP contribution in [0.4, 0.5) is 5.82 Å². The lowest BCUT2D eigenvalue weighted by atomic mass is 10.1. The van der Waals surface area contributed by atoms with Crippen molar-refractivity contribution in [1.29, 1.82) is 5.26 Å². The quantitative estimate of drug-likeness (QED) is 0.680. The van der Waals surface area contributed by atoms with Gasteiger partial charge in [-0.05, 0) is 49.7 Å². The molecule has 8 nitrogen and oxygen atoms in total. The van der Waals surface area contributed by atoms with E-state index in [1.54, 1.807) is 37.4 Å².